The zero-order chi connectivity index (χ0) is 14.5. The van der Waals surface area contributed by atoms with Crippen molar-refractivity contribution in [2.24, 2.45) is 0 Å². The minimum absolute atomic E-state index is 0.277. The van der Waals surface area contributed by atoms with E-state index in [0.717, 1.165) is 6.42 Å². The number of aliphatic hydroxyl groups is 1. The Morgan fingerprint density at radius 3 is 2.70 bits per heavy atom. The number of likely N-dealkylation sites (tertiary alicyclic amines) is 1. The maximum absolute atomic E-state index is 11.9. The largest absolute Gasteiger partial charge is 0.479 e. The van der Waals surface area contributed by atoms with E-state index in [9.17, 15) is 9.59 Å². The van der Waals surface area contributed by atoms with Gasteiger partial charge in [0.1, 0.15) is 0 Å². The summed E-state index contributed by atoms with van der Waals surface area (Å²) in [7, 11) is 0. The Bertz CT molecular complexity index is 477. The Labute approximate surface area is 117 Å². The summed E-state index contributed by atoms with van der Waals surface area (Å²) in [6, 6.07) is 9.66. The fourth-order valence-corrected chi connectivity index (χ4v) is 2.33. The van der Waals surface area contributed by atoms with Crippen LogP contribution in [-0.2, 0) is 4.79 Å². The number of nitrogens with one attached hydrogen (secondary N) is 1. The summed E-state index contributed by atoms with van der Waals surface area (Å²) in [5.41, 5.74) is 1.20. The molecular formula is C14H18N2O4. The molecule has 0 spiro atoms. The van der Waals surface area contributed by atoms with Gasteiger partial charge in [-0.05, 0) is 12.0 Å². The molecule has 1 aromatic rings. The van der Waals surface area contributed by atoms with Gasteiger partial charge in [0.25, 0.3) is 0 Å². The third kappa shape index (κ3) is 3.48. The zero-order valence-corrected chi connectivity index (χ0v) is 11.0. The standard InChI is InChI=1S/C14H18N2O4/c17-12(13(18)19)8-15-14(20)16-7-6-11(9-16)10-4-2-1-3-5-10/h1-5,11-12,17H,6-9H2,(H,15,20)(H,18,19)/t11?,12-/m0/s1. The molecule has 1 fully saturated rings. The molecule has 1 unspecified atom stereocenters. The first-order chi connectivity index (χ1) is 9.58. The lowest BCUT2D eigenvalue weighted by Crippen LogP contribution is -2.43. The van der Waals surface area contributed by atoms with E-state index in [-0.39, 0.29) is 12.6 Å². The van der Waals surface area contributed by atoms with Crippen LogP contribution in [0.1, 0.15) is 17.9 Å². The van der Waals surface area contributed by atoms with Crippen molar-refractivity contribution >= 4 is 12.0 Å². The zero-order valence-electron chi connectivity index (χ0n) is 11.0. The van der Waals surface area contributed by atoms with E-state index in [1.807, 2.05) is 30.3 Å². The maximum Gasteiger partial charge on any atom is 0.334 e. The van der Waals surface area contributed by atoms with Crippen LogP contribution in [0.15, 0.2) is 30.3 Å². The van der Waals surface area contributed by atoms with E-state index in [1.165, 1.54) is 5.56 Å². The highest BCUT2D eigenvalue weighted by molar-refractivity contribution is 5.77. The van der Waals surface area contributed by atoms with Gasteiger partial charge in [-0.2, -0.15) is 0 Å². The minimum atomic E-state index is -1.56. The molecule has 0 aromatic heterocycles. The van der Waals surface area contributed by atoms with Crippen LogP contribution in [0.2, 0.25) is 0 Å². The van der Waals surface area contributed by atoms with E-state index in [0.29, 0.717) is 19.0 Å². The molecule has 1 aliphatic heterocycles. The molecule has 2 amide bonds. The Kier molecular flexibility index (Phi) is 4.57. The number of hydrogen-bond donors (Lipinski definition) is 3. The lowest BCUT2D eigenvalue weighted by atomic mass is 9.99. The molecule has 1 saturated heterocycles. The molecule has 0 radical (unpaired) electrons. The van der Waals surface area contributed by atoms with Gasteiger partial charge in [-0.1, -0.05) is 30.3 Å². The molecule has 2 atom stereocenters. The number of aliphatic hydroxyl groups excluding tert-OH is 1. The van der Waals surface area contributed by atoms with Crippen LogP contribution in [0.3, 0.4) is 0 Å². The number of amides is 2. The number of carboxylic acid groups (broad SMARTS) is 1. The quantitative estimate of drug-likeness (QED) is 0.753. The van der Waals surface area contributed by atoms with Crippen molar-refractivity contribution in [1.29, 1.82) is 0 Å². The maximum atomic E-state index is 11.9. The van der Waals surface area contributed by atoms with Gasteiger partial charge in [0.15, 0.2) is 6.10 Å². The molecule has 6 nitrogen and oxygen atoms in total. The van der Waals surface area contributed by atoms with E-state index in [4.69, 9.17) is 10.2 Å². The van der Waals surface area contributed by atoms with Crippen molar-refractivity contribution in [3.63, 3.8) is 0 Å². The molecule has 1 aromatic carbocycles. The van der Waals surface area contributed by atoms with E-state index in [1.54, 1.807) is 4.90 Å². The van der Waals surface area contributed by atoms with Gasteiger partial charge in [-0.25, -0.2) is 9.59 Å². The number of carbonyl (C=O) groups is 2. The minimum Gasteiger partial charge on any atom is -0.479 e. The van der Waals surface area contributed by atoms with Crippen molar-refractivity contribution in [1.82, 2.24) is 10.2 Å². The summed E-state index contributed by atoms with van der Waals surface area (Å²) in [5.74, 6) is -1.03. The summed E-state index contributed by atoms with van der Waals surface area (Å²) >= 11 is 0. The van der Waals surface area contributed by atoms with Crippen LogP contribution < -0.4 is 5.32 Å². The van der Waals surface area contributed by atoms with Gasteiger partial charge < -0.3 is 20.4 Å². The van der Waals surface area contributed by atoms with Gasteiger partial charge in [0, 0.05) is 19.0 Å². The summed E-state index contributed by atoms with van der Waals surface area (Å²) < 4.78 is 0. The second kappa shape index (κ2) is 6.38. The number of rotatable bonds is 4. The molecule has 2 rings (SSSR count). The second-order valence-electron chi connectivity index (χ2n) is 4.88. The Morgan fingerprint density at radius 2 is 2.05 bits per heavy atom. The van der Waals surface area contributed by atoms with Gasteiger partial charge >= 0.3 is 12.0 Å². The highest BCUT2D eigenvalue weighted by Gasteiger charge is 2.27. The number of carboxylic acids is 1. The van der Waals surface area contributed by atoms with Crippen molar-refractivity contribution in [3.8, 4) is 0 Å². The van der Waals surface area contributed by atoms with Crippen LogP contribution in [0.5, 0.6) is 0 Å². The Hall–Kier alpha value is -2.08. The monoisotopic (exact) mass is 278 g/mol. The first-order valence-corrected chi connectivity index (χ1v) is 6.56. The number of nitrogens with zero attached hydrogens (tertiary/aromatic N) is 1. The smallest absolute Gasteiger partial charge is 0.334 e. The molecule has 3 N–H and O–H groups in total. The molecular weight excluding hydrogens is 260 g/mol. The average Bonchev–Trinajstić information content (AvgIpc) is 2.95. The van der Waals surface area contributed by atoms with Crippen LogP contribution >= 0.6 is 0 Å². The van der Waals surface area contributed by atoms with Crippen molar-refractivity contribution in [2.45, 2.75) is 18.4 Å². The first kappa shape index (κ1) is 14.3. The first-order valence-electron chi connectivity index (χ1n) is 6.56. The number of aliphatic carboxylic acids is 1. The van der Waals surface area contributed by atoms with Gasteiger partial charge in [-0.3, -0.25) is 0 Å². The normalized spacial score (nSPS) is 19.6. The van der Waals surface area contributed by atoms with Crippen LogP contribution in [0.4, 0.5) is 4.79 Å². The Balaban J connectivity index is 1.83. The fraction of sp³-hybridized carbons (Fsp3) is 0.429. The highest BCUT2D eigenvalue weighted by atomic mass is 16.4. The molecule has 6 heteroatoms. The molecule has 1 aliphatic rings. The molecule has 108 valence electrons. The summed E-state index contributed by atoms with van der Waals surface area (Å²) in [6.07, 6.45) is -0.676. The summed E-state index contributed by atoms with van der Waals surface area (Å²) in [6.45, 7) is 0.967. The molecule has 0 aliphatic carbocycles. The predicted octanol–water partition coefficient (Wildman–Crippen LogP) is 0.631. The molecule has 0 saturated carbocycles. The highest BCUT2D eigenvalue weighted by Crippen LogP contribution is 2.26. The topological polar surface area (TPSA) is 89.9 Å². The lowest BCUT2D eigenvalue weighted by Gasteiger charge is -2.18. The van der Waals surface area contributed by atoms with Crippen LogP contribution in [-0.4, -0.2) is 52.9 Å². The van der Waals surface area contributed by atoms with Crippen molar-refractivity contribution < 1.29 is 19.8 Å². The lowest BCUT2D eigenvalue weighted by molar-refractivity contribution is -0.146. The van der Waals surface area contributed by atoms with Crippen molar-refractivity contribution in [3.05, 3.63) is 35.9 Å². The van der Waals surface area contributed by atoms with Crippen LogP contribution in [0, 0.1) is 0 Å². The van der Waals surface area contributed by atoms with E-state index >= 15 is 0 Å². The van der Waals surface area contributed by atoms with Crippen molar-refractivity contribution in [2.75, 3.05) is 19.6 Å². The number of benzene rings is 1. The summed E-state index contributed by atoms with van der Waals surface area (Å²) in [5, 5.41) is 20.1. The third-order valence-corrected chi connectivity index (χ3v) is 3.48. The average molecular weight is 278 g/mol. The number of carbonyl (C=O) groups excluding carboxylic acids is 1. The summed E-state index contributed by atoms with van der Waals surface area (Å²) in [4.78, 5) is 24.0. The number of hydrogen-bond acceptors (Lipinski definition) is 3. The third-order valence-electron chi connectivity index (χ3n) is 3.48. The van der Waals surface area contributed by atoms with Gasteiger partial charge in [0.2, 0.25) is 0 Å². The predicted molar refractivity (Wildman–Crippen MR) is 72.4 cm³/mol. The SMILES string of the molecule is O=C(O)[C@@H](O)CNC(=O)N1CCC(c2ccccc2)C1. The second-order valence-corrected chi connectivity index (χ2v) is 4.88. The Morgan fingerprint density at radius 1 is 1.35 bits per heavy atom. The number of urea groups is 1. The molecule has 0 bridgehead atoms. The molecule has 20 heavy (non-hydrogen) atoms. The van der Waals surface area contributed by atoms with E-state index < -0.39 is 12.1 Å². The van der Waals surface area contributed by atoms with Gasteiger partial charge in [-0.15, -0.1) is 0 Å². The van der Waals surface area contributed by atoms with Crippen LogP contribution in [0.25, 0.3) is 0 Å². The van der Waals surface area contributed by atoms with E-state index in [2.05, 4.69) is 5.32 Å². The molecule has 1 heterocycles. The fourth-order valence-electron chi connectivity index (χ4n) is 2.33. The van der Waals surface area contributed by atoms with Gasteiger partial charge in [0.05, 0.1) is 6.54 Å².